The molecule has 1 aromatic carbocycles. The minimum Gasteiger partial charge on any atom is -0.353 e. The first kappa shape index (κ1) is 16.0. The third kappa shape index (κ3) is 2.98. The molecule has 1 saturated heterocycles. The molecule has 0 amide bonds. The van der Waals surface area contributed by atoms with E-state index >= 15 is 0 Å². The van der Waals surface area contributed by atoms with Crippen molar-refractivity contribution in [3.8, 4) is 5.69 Å². The number of piperazine rings is 1. The van der Waals surface area contributed by atoms with Crippen LogP contribution in [0.1, 0.15) is 26.6 Å². The van der Waals surface area contributed by atoms with Crippen molar-refractivity contribution in [2.45, 2.75) is 26.2 Å². The zero-order chi connectivity index (χ0) is 17.4. The number of benzene rings is 1. The molecule has 6 heteroatoms. The van der Waals surface area contributed by atoms with E-state index in [9.17, 15) is 0 Å². The SMILES string of the molecule is CC(C)(C)c1nc(N2CCNCC2)c2cnn(-c3ccccc3)c2n1. The molecule has 1 N–H and O–H groups in total. The smallest absolute Gasteiger partial charge is 0.168 e. The zero-order valence-corrected chi connectivity index (χ0v) is 15.0. The molecular formula is C19H24N6. The van der Waals surface area contributed by atoms with Crippen molar-refractivity contribution in [1.29, 1.82) is 0 Å². The number of aromatic nitrogens is 4. The fraction of sp³-hybridized carbons (Fsp3) is 0.421. The van der Waals surface area contributed by atoms with Gasteiger partial charge in [-0.05, 0) is 12.1 Å². The van der Waals surface area contributed by atoms with Crippen LogP contribution in [0.4, 0.5) is 5.82 Å². The number of nitrogens with one attached hydrogen (secondary N) is 1. The third-order valence-electron chi connectivity index (χ3n) is 4.50. The second kappa shape index (κ2) is 6.11. The van der Waals surface area contributed by atoms with Crippen LogP contribution in [-0.2, 0) is 5.41 Å². The van der Waals surface area contributed by atoms with Crippen molar-refractivity contribution >= 4 is 16.9 Å². The summed E-state index contributed by atoms with van der Waals surface area (Å²) in [7, 11) is 0. The van der Waals surface area contributed by atoms with Crippen LogP contribution in [-0.4, -0.2) is 45.9 Å². The van der Waals surface area contributed by atoms with Crippen LogP contribution < -0.4 is 10.2 Å². The van der Waals surface area contributed by atoms with Crippen LogP contribution in [0.3, 0.4) is 0 Å². The summed E-state index contributed by atoms with van der Waals surface area (Å²) >= 11 is 0. The van der Waals surface area contributed by atoms with Gasteiger partial charge in [0.25, 0.3) is 0 Å². The molecule has 1 aliphatic rings. The largest absolute Gasteiger partial charge is 0.353 e. The minimum atomic E-state index is -0.122. The van der Waals surface area contributed by atoms with E-state index in [-0.39, 0.29) is 5.41 Å². The van der Waals surface area contributed by atoms with Crippen LogP contribution >= 0.6 is 0 Å². The molecule has 25 heavy (non-hydrogen) atoms. The van der Waals surface area contributed by atoms with Gasteiger partial charge in [-0.25, -0.2) is 14.6 Å². The molecule has 1 aliphatic heterocycles. The van der Waals surface area contributed by atoms with E-state index < -0.39 is 0 Å². The monoisotopic (exact) mass is 336 g/mol. The highest BCUT2D eigenvalue weighted by Crippen LogP contribution is 2.29. The Kier molecular flexibility index (Phi) is 3.92. The van der Waals surface area contributed by atoms with Gasteiger partial charge in [0.15, 0.2) is 5.65 Å². The summed E-state index contributed by atoms with van der Waals surface area (Å²) in [4.78, 5) is 12.2. The molecule has 6 nitrogen and oxygen atoms in total. The molecule has 0 radical (unpaired) electrons. The molecular weight excluding hydrogens is 312 g/mol. The number of para-hydroxylation sites is 1. The summed E-state index contributed by atoms with van der Waals surface area (Å²) in [5.41, 5.74) is 1.77. The van der Waals surface area contributed by atoms with Gasteiger partial charge in [0.1, 0.15) is 11.6 Å². The van der Waals surface area contributed by atoms with Crippen molar-refractivity contribution < 1.29 is 0 Å². The van der Waals surface area contributed by atoms with E-state index in [0.717, 1.165) is 54.5 Å². The Morgan fingerprint density at radius 3 is 2.40 bits per heavy atom. The normalized spacial score (nSPS) is 15.7. The molecule has 130 valence electrons. The molecule has 1 fully saturated rings. The lowest BCUT2D eigenvalue weighted by Crippen LogP contribution is -2.44. The fourth-order valence-corrected chi connectivity index (χ4v) is 3.10. The Labute approximate surface area is 147 Å². The van der Waals surface area contributed by atoms with Crippen LogP contribution in [0.5, 0.6) is 0 Å². The highest BCUT2D eigenvalue weighted by atomic mass is 15.3. The molecule has 3 aromatic rings. The maximum absolute atomic E-state index is 4.94. The van der Waals surface area contributed by atoms with Gasteiger partial charge in [-0.15, -0.1) is 0 Å². The Morgan fingerprint density at radius 1 is 1.00 bits per heavy atom. The number of rotatable bonds is 2. The Balaban J connectivity index is 1.93. The lowest BCUT2D eigenvalue weighted by Gasteiger charge is -2.30. The van der Waals surface area contributed by atoms with E-state index in [2.05, 4.69) is 48.2 Å². The van der Waals surface area contributed by atoms with E-state index in [1.165, 1.54) is 0 Å². The summed E-state index contributed by atoms with van der Waals surface area (Å²) in [6, 6.07) is 10.2. The molecule has 4 rings (SSSR count). The van der Waals surface area contributed by atoms with Gasteiger partial charge in [-0.1, -0.05) is 39.0 Å². The fourth-order valence-electron chi connectivity index (χ4n) is 3.10. The Morgan fingerprint density at radius 2 is 1.72 bits per heavy atom. The predicted octanol–water partition coefficient (Wildman–Crippen LogP) is 2.52. The average Bonchev–Trinajstić information content (AvgIpc) is 3.06. The van der Waals surface area contributed by atoms with Crippen molar-refractivity contribution in [2.24, 2.45) is 0 Å². The predicted molar refractivity (Wildman–Crippen MR) is 100 cm³/mol. The van der Waals surface area contributed by atoms with Gasteiger partial charge in [0, 0.05) is 31.6 Å². The van der Waals surface area contributed by atoms with Crippen LogP contribution in [0.2, 0.25) is 0 Å². The first-order valence-corrected chi connectivity index (χ1v) is 8.81. The van der Waals surface area contributed by atoms with Gasteiger partial charge >= 0.3 is 0 Å². The number of anilines is 1. The van der Waals surface area contributed by atoms with Crippen molar-refractivity contribution in [2.75, 3.05) is 31.1 Å². The topological polar surface area (TPSA) is 58.9 Å². The van der Waals surface area contributed by atoms with Crippen molar-refractivity contribution in [3.05, 3.63) is 42.4 Å². The maximum atomic E-state index is 4.94. The van der Waals surface area contributed by atoms with Crippen molar-refractivity contribution in [1.82, 2.24) is 25.1 Å². The first-order chi connectivity index (χ1) is 12.0. The molecule has 0 aliphatic carbocycles. The first-order valence-electron chi connectivity index (χ1n) is 8.81. The Hall–Kier alpha value is -2.47. The number of hydrogen-bond acceptors (Lipinski definition) is 5. The summed E-state index contributed by atoms with van der Waals surface area (Å²) in [6.07, 6.45) is 1.89. The van der Waals surface area contributed by atoms with Crippen LogP contribution in [0.15, 0.2) is 36.5 Å². The van der Waals surface area contributed by atoms with E-state index in [0.29, 0.717) is 0 Å². The van der Waals surface area contributed by atoms with Gasteiger partial charge < -0.3 is 10.2 Å². The molecule has 0 bridgehead atoms. The lowest BCUT2D eigenvalue weighted by molar-refractivity contribution is 0.540. The summed E-state index contributed by atoms with van der Waals surface area (Å²) in [5.74, 6) is 1.85. The molecule has 2 aromatic heterocycles. The van der Waals surface area contributed by atoms with E-state index in [4.69, 9.17) is 9.97 Å². The summed E-state index contributed by atoms with van der Waals surface area (Å²) in [5, 5.41) is 9.03. The van der Waals surface area contributed by atoms with Gasteiger partial charge in [-0.3, -0.25) is 0 Å². The minimum absolute atomic E-state index is 0.122. The number of hydrogen-bond donors (Lipinski definition) is 1. The third-order valence-corrected chi connectivity index (χ3v) is 4.50. The average molecular weight is 336 g/mol. The summed E-state index contributed by atoms with van der Waals surface area (Å²) in [6.45, 7) is 10.3. The number of nitrogens with zero attached hydrogens (tertiary/aromatic N) is 5. The molecule has 0 unspecified atom stereocenters. The quantitative estimate of drug-likeness (QED) is 0.779. The van der Waals surface area contributed by atoms with E-state index in [1.807, 2.05) is 29.1 Å². The highest BCUT2D eigenvalue weighted by molar-refractivity contribution is 5.88. The Bertz CT molecular complexity index is 872. The maximum Gasteiger partial charge on any atom is 0.168 e. The highest BCUT2D eigenvalue weighted by Gasteiger charge is 2.25. The van der Waals surface area contributed by atoms with Crippen LogP contribution in [0, 0.1) is 0 Å². The van der Waals surface area contributed by atoms with Crippen LogP contribution in [0.25, 0.3) is 16.7 Å². The molecule has 0 spiro atoms. The van der Waals surface area contributed by atoms with Gasteiger partial charge in [0.2, 0.25) is 0 Å². The zero-order valence-electron chi connectivity index (χ0n) is 15.0. The lowest BCUT2D eigenvalue weighted by atomic mass is 9.95. The second-order valence-corrected chi connectivity index (χ2v) is 7.49. The standard InChI is InChI=1S/C19H24N6/c1-19(2,3)18-22-16(24-11-9-20-10-12-24)15-13-21-25(17(15)23-18)14-7-5-4-6-8-14/h4-8,13,20H,9-12H2,1-3H3. The van der Waals surface area contributed by atoms with E-state index in [1.54, 1.807) is 0 Å². The van der Waals surface area contributed by atoms with Gasteiger partial charge in [0.05, 0.1) is 17.3 Å². The molecule has 0 atom stereocenters. The van der Waals surface area contributed by atoms with Crippen molar-refractivity contribution in [3.63, 3.8) is 0 Å². The molecule has 3 heterocycles. The molecule has 0 saturated carbocycles. The summed E-state index contributed by atoms with van der Waals surface area (Å²) < 4.78 is 1.91. The number of fused-ring (bicyclic) bond motifs is 1. The second-order valence-electron chi connectivity index (χ2n) is 7.49. The van der Waals surface area contributed by atoms with Gasteiger partial charge in [-0.2, -0.15) is 5.10 Å².